The van der Waals surface area contributed by atoms with Crippen molar-refractivity contribution in [2.24, 2.45) is 5.92 Å². The van der Waals surface area contributed by atoms with Gasteiger partial charge < -0.3 is 0 Å². The first kappa shape index (κ1) is 13.5. The zero-order valence-electron chi connectivity index (χ0n) is 10.1. The molecule has 0 N–H and O–H groups in total. The Labute approximate surface area is 104 Å². The average Bonchev–Trinajstić information content (AvgIpc) is 2.29. The molecule has 1 saturated carbocycles. The summed E-state index contributed by atoms with van der Waals surface area (Å²) in [4.78, 5) is 0. The Morgan fingerprint density at radius 1 is 0.733 bits per heavy atom. The molecule has 15 heavy (non-hydrogen) atoms. The van der Waals surface area contributed by atoms with Gasteiger partial charge >= 0.3 is 0 Å². The van der Waals surface area contributed by atoms with Crippen LogP contribution in [0.25, 0.3) is 0 Å². The lowest BCUT2D eigenvalue weighted by Crippen LogP contribution is -2.05. The highest BCUT2D eigenvalue weighted by molar-refractivity contribution is 9.09. The third-order valence-electron chi connectivity index (χ3n) is 3.72. The highest BCUT2D eigenvalue weighted by atomic mass is 79.9. The van der Waals surface area contributed by atoms with Crippen LogP contribution in [0.3, 0.4) is 0 Å². The third-order valence-corrected chi connectivity index (χ3v) is 4.28. The SMILES string of the molecule is BrCCCCCCCCC1CCCCC1. The van der Waals surface area contributed by atoms with E-state index < -0.39 is 0 Å². The summed E-state index contributed by atoms with van der Waals surface area (Å²) in [6.07, 6.45) is 17.8. The van der Waals surface area contributed by atoms with Crippen molar-refractivity contribution >= 4 is 15.9 Å². The van der Waals surface area contributed by atoms with Gasteiger partial charge in [0.15, 0.2) is 0 Å². The molecule has 1 rings (SSSR count). The predicted octanol–water partition coefficient (Wildman–Crippen LogP) is 5.69. The number of alkyl halides is 1. The molecule has 0 unspecified atom stereocenters. The molecule has 1 heteroatoms. The van der Waals surface area contributed by atoms with Gasteiger partial charge in [-0.15, -0.1) is 0 Å². The summed E-state index contributed by atoms with van der Waals surface area (Å²) in [6.45, 7) is 0. The molecule has 0 nitrogen and oxygen atoms in total. The molecule has 0 heterocycles. The van der Waals surface area contributed by atoms with Crippen LogP contribution in [0.1, 0.15) is 77.0 Å². The lowest BCUT2D eigenvalue weighted by atomic mass is 9.85. The number of hydrogen-bond donors (Lipinski definition) is 0. The minimum atomic E-state index is 1.10. The van der Waals surface area contributed by atoms with E-state index in [-0.39, 0.29) is 0 Å². The van der Waals surface area contributed by atoms with Crippen LogP contribution in [-0.2, 0) is 0 Å². The van der Waals surface area contributed by atoms with Crippen LogP contribution >= 0.6 is 15.9 Å². The number of unbranched alkanes of at least 4 members (excludes halogenated alkanes) is 5. The van der Waals surface area contributed by atoms with Crippen LogP contribution in [0.2, 0.25) is 0 Å². The Morgan fingerprint density at radius 2 is 1.33 bits per heavy atom. The maximum Gasteiger partial charge on any atom is 0.00313 e. The summed E-state index contributed by atoms with van der Waals surface area (Å²) in [5, 5.41) is 1.19. The normalized spacial score (nSPS) is 18.2. The zero-order chi connectivity index (χ0) is 10.8. The topological polar surface area (TPSA) is 0 Å². The molecule has 90 valence electrons. The summed E-state index contributed by atoms with van der Waals surface area (Å²) in [6, 6.07) is 0. The first-order valence-corrected chi connectivity index (χ1v) is 8.11. The predicted molar refractivity (Wildman–Crippen MR) is 72.7 cm³/mol. The van der Waals surface area contributed by atoms with Crippen LogP contribution in [0.5, 0.6) is 0 Å². The molecule has 0 aromatic heterocycles. The van der Waals surface area contributed by atoms with Gasteiger partial charge in [0.25, 0.3) is 0 Å². The van der Waals surface area contributed by atoms with Crippen molar-refractivity contribution in [3.63, 3.8) is 0 Å². The maximum absolute atomic E-state index is 3.48. The van der Waals surface area contributed by atoms with E-state index in [0.717, 1.165) is 5.92 Å². The van der Waals surface area contributed by atoms with E-state index >= 15 is 0 Å². The van der Waals surface area contributed by atoms with Crippen LogP contribution in [0.15, 0.2) is 0 Å². The van der Waals surface area contributed by atoms with Crippen LogP contribution in [0.4, 0.5) is 0 Å². The van der Waals surface area contributed by atoms with Gasteiger partial charge in [0.1, 0.15) is 0 Å². The monoisotopic (exact) mass is 274 g/mol. The Kier molecular flexibility index (Phi) is 8.75. The van der Waals surface area contributed by atoms with Crippen molar-refractivity contribution in [1.29, 1.82) is 0 Å². The Bertz CT molecular complexity index is 127. The van der Waals surface area contributed by atoms with E-state index in [1.165, 1.54) is 82.4 Å². The molecular weight excluding hydrogens is 248 g/mol. The van der Waals surface area contributed by atoms with Crippen molar-refractivity contribution in [1.82, 2.24) is 0 Å². The molecular formula is C14H27Br. The highest BCUT2D eigenvalue weighted by Gasteiger charge is 2.12. The smallest absolute Gasteiger partial charge is 0.00313 e. The van der Waals surface area contributed by atoms with E-state index in [9.17, 15) is 0 Å². The van der Waals surface area contributed by atoms with Gasteiger partial charge in [-0.25, -0.2) is 0 Å². The van der Waals surface area contributed by atoms with E-state index in [2.05, 4.69) is 15.9 Å². The Balaban J connectivity index is 1.79. The second-order valence-electron chi connectivity index (χ2n) is 5.10. The molecule has 1 aliphatic carbocycles. The van der Waals surface area contributed by atoms with Gasteiger partial charge in [0.2, 0.25) is 0 Å². The van der Waals surface area contributed by atoms with Crippen LogP contribution in [-0.4, -0.2) is 5.33 Å². The van der Waals surface area contributed by atoms with Gasteiger partial charge in [-0.2, -0.15) is 0 Å². The standard InChI is InChI=1S/C14H27Br/c15-13-9-4-2-1-3-6-10-14-11-7-5-8-12-14/h14H,1-13H2. The molecule has 0 aromatic rings. The largest absolute Gasteiger partial charge is 0.0928 e. The van der Waals surface area contributed by atoms with E-state index in [4.69, 9.17) is 0 Å². The Hall–Kier alpha value is 0.480. The number of rotatable bonds is 8. The summed E-state index contributed by atoms with van der Waals surface area (Å²) >= 11 is 3.48. The molecule has 0 saturated heterocycles. The molecule has 1 aliphatic rings. The van der Waals surface area contributed by atoms with Crippen molar-refractivity contribution in [3.05, 3.63) is 0 Å². The average molecular weight is 275 g/mol. The van der Waals surface area contributed by atoms with E-state index in [1.54, 1.807) is 0 Å². The minimum Gasteiger partial charge on any atom is -0.0928 e. The van der Waals surface area contributed by atoms with Crippen molar-refractivity contribution in [2.75, 3.05) is 5.33 Å². The fourth-order valence-electron chi connectivity index (χ4n) is 2.71. The van der Waals surface area contributed by atoms with Gasteiger partial charge in [-0.1, -0.05) is 86.6 Å². The Morgan fingerprint density at radius 3 is 2.00 bits per heavy atom. The fraction of sp³-hybridized carbons (Fsp3) is 1.00. The number of hydrogen-bond acceptors (Lipinski definition) is 0. The molecule has 0 bridgehead atoms. The highest BCUT2D eigenvalue weighted by Crippen LogP contribution is 2.28. The van der Waals surface area contributed by atoms with Crippen molar-refractivity contribution < 1.29 is 0 Å². The number of halogens is 1. The van der Waals surface area contributed by atoms with E-state index in [1.807, 2.05) is 0 Å². The third kappa shape index (κ3) is 7.38. The van der Waals surface area contributed by atoms with Gasteiger partial charge in [0, 0.05) is 5.33 Å². The van der Waals surface area contributed by atoms with Crippen LogP contribution in [0, 0.1) is 5.92 Å². The minimum absolute atomic E-state index is 1.10. The summed E-state index contributed by atoms with van der Waals surface area (Å²) < 4.78 is 0. The second-order valence-corrected chi connectivity index (χ2v) is 5.90. The lowest BCUT2D eigenvalue weighted by molar-refractivity contribution is 0.328. The van der Waals surface area contributed by atoms with Crippen molar-refractivity contribution in [3.8, 4) is 0 Å². The maximum atomic E-state index is 3.48. The molecule has 0 atom stereocenters. The summed E-state index contributed by atoms with van der Waals surface area (Å²) in [7, 11) is 0. The molecule has 0 aliphatic heterocycles. The molecule has 0 aromatic carbocycles. The molecule has 0 spiro atoms. The lowest BCUT2D eigenvalue weighted by Gasteiger charge is -2.21. The second kappa shape index (κ2) is 9.69. The van der Waals surface area contributed by atoms with Gasteiger partial charge in [-0.3, -0.25) is 0 Å². The van der Waals surface area contributed by atoms with Gasteiger partial charge in [-0.05, 0) is 12.3 Å². The van der Waals surface area contributed by atoms with E-state index in [0.29, 0.717) is 0 Å². The van der Waals surface area contributed by atoms with Gasteiger partial charge in [0.05, 0.1) is 0 Å². The molecule has 0 radical (unpaired) electrons. The fourth-order valence-corrected chi connectivity index (χ4v) is 3.11. The van der Waals surface area contributed by atoms with Crippen molar-refractivity contribution in [2.45, 2.75) is 77.0 Å². The van der Waals surface area contributed by atoms with Crippen LogP contribution < -0.4 is 0 Å². The summed E-state index contributed by atoms with van der Waals surface area (Å²) in [5.74, 6) is 1.10. The first-order valence-electron chi connectivity index (χ1n) is 6.99. The quantitative estimate of drug-likeness (QED) is 0.394. The summed E-state index contributed by atoms with van der Waals surface area (Å²) in [5.41, 5.74) is 0. The zero-order valence-corrected chi connectivity index (χ0v) is 11.7. The molecule has 1 fully saturated rings. The molecule has 0 amide bonds. The first-order chi connectivity index (χ1) is 7.43.